The third-order valence-electron chi connectivity index (χ3n) is 5.02. The van der Waals surface area contributed by atoms with Gasteiger partial charge in [-0.05, 0) is 17.7 Å². The highest BCUT2D eigenvalue weighted by Crippen LogP contribution is 2.14. The second-order valence-corrected chi connectivity index (χ2v) is 6.89. The number of piperazine rings is 1. The van der Waals surface area contributed by atoms with E-state index in [4.69, 9.17) is 0 Å². The van der Waals surface area contributed by atoms with Crippen LogP contribution in [-0.4, -0.2) is 58.0 Å². The number of nitrogens with zero attached hydrogens (tertiary/aromatic N) is 4. The molecule has 0 aliphatic carbocycles. The predicted molar refractivity (Wildman–Crippen MR) is 111 cm³/mol. The molecule has 5 nitrogen and oxygen atoms in total. The Morgan fingerprint density at radius 2 is 1.61 bits per heavy atom. The van der Waals surface area contributed by atoms with E-state index in [-0.39, 0.29) is 5.91 Å². The van der Waals surface area contributed by atoms with Gasteiger partial charge in [0.2, 0.25) is 0 Å². The first kappa shape index (κ1) is 18.2. The van der Waals surface area contributed by atoms with E-state index in [1.807, 2.05) is 58.0 Å². The number of hydrogen-bond acceptors (Lipinski definition) is 3. The maximum absolute atomic E-state index is 13.0. The van der Waals surface area contributed by atoms with Crippen LogP contribution in [0.25, 0.3) is 11.8 Å². The molecule has 0 N–H and O–H groups in total. The van der Waals surface area contributed by atoms with Crippen LogP contribution in [0.3, 0.4) is 0 Å². The standard InChI is InChI=1S/C23H24N4O/c28-23(22-18-24-19-27(22)21-11-5-2-6-12-21)26-16-14-25(15-17-26)13-7-10-20-8-3-1-4-9-20/h1-12,18-19H,13-17H2/b10-7+. The second-order valence-electron chi connectivity index (χ2n) is 6.89. The Balaban J connectivity index is 1.34. The van der Waals surface area contributed by atoms with Gasteiger partial charge in [-0.3, -0.25) is 14.3 Å². The van der Waals surface area contributed by atoms with Gasteiger partial charge in [0.25, 0.3) is 5.91 Å². The summed E-state index contributed by atoms with van der Waals surface area (Å²) in [5.41, 5.74) is 2.78. The van der Waals surface area contributed by atoms with Crippen molar-refractivity contribution in [2.45, 2.75) is 0 Å². The van der Waals surface area contributed by atoms with Gasteiger partial charge in [0.05, 0.1) is 12.5 Å². The lowest BCUT2D eigenvalue weighted by Crippen LogP contribution is -2.48. The molecule has 0 radical (unpaired) electrons. The summed E-state index contributed by atoms with van der Waals surface area (Å²) in [4.78, 5) is 21.5. The molecule has 1 amide bonds. The maximum Gasteiger partial charge on any atom is 0.272 e. The molecule has 0 bridgehead atoms. The van der Waals surface area contributed by atoms with Crippen LogP contribution >= 0.6 is 0 Å². The monoisotopic (exact) mass is 372 g/mol. The summed E-state index contributed by atoms with van der Waals surface area (Å²) in [6.45, 7) is 4.13. The Morgan fingerprint density at radius 1 is 0.929 bits per heavy atom. The number of aromatic nitrogens is 2. The minimum Gasteiger partial charge on any atom is -0.335 e. The number of imidazole rings is 1. The summed E-state index contributed by atoms with van der Waals surface area (Å²) in [6.07, 6.45) is 7.70. The molecule has 0 saturated carbocycles. The van der Waals surface area contributed by atoms with Gasteiger partial charge in [-0.25, -0.2) is 4.98 Å². The Labute approximate surface area is 165 Å². The van der Waals surface area contributed by atoms with Gasteiger partial charge in [0, 0.05) is 38.4 Å². The summed E-state index contributed by atoms with van der Waals surface area (Å²) in [5, 5.41) is 0. The van der Waals surface area contributed by atoms with Crippen molar-refractivity contribution in [1.29, 1.82) is 0 Å². The highest BCUT2D eigenvalue weighted by atomic mass is 16.2. The molecule has 142 valence electrons. The van der Waals surface area contributed by atoms with E-state index in [1.54, 1.807) is 12.5 Å². The summed E-state index contributed by atoms with van der Waals surface area (Å²) in [5.74, 6) is 0.0424. The quantitative estimate of drug-likeness (QED) is 0.690. The topological polar surface area (TPSA) is 41.4 Å². The van der Waals surface area contributed by atoms with E-state index in [1.165, 1.54) is 5.56 Å². The minimum atomic E-state index is 0.0424. The number of carbonyl (C=O) groups is 1. The van der Waals surface area contributed by atoms with Crippen molar-refractivity contribution < 1.29 is 4.79 Å². The van der Waals surface area contributed by atoms with Crippen LogP contribution in [0, 0.1) is 0 Å². The molecule has 1 aromatic heterocycles. The van der Waals surface area contributed by atoms with Crippen LogP contribution in [0.1, 0.15) is 16.1 Å². The second kappa shape index (κ2) is 8.67. The van der Waals surface area contributed by atoms with Crippen LogP contribution in [0.5, 0.6) is 0 Å². The van der Waals surface area contributed by atoms with Crippen molar-refractivity contribution in [2.24, 2.45) is 0 Å². The molecular weight excluding hydrogens is 348 g/mol. The first-order valence-corrected chi connectivity index (χ1v) is 9.62. The van der Waals surface area contributed by atoms with E-state index < -0.39 is 0 Å². The van der Waals surface area contributed by atoms with Gasteiger partial charge in [-0.15, -0.1) is 0 Å². The van der Waals surface area contributed by atoms with Crippen LogP contribution in [0.4, 0.5) is 0 Å². The molecule has 0 unspecified atom stereocenters. The van der Waals surface area contributed by atoms with E-state index in [9.17, 15) is 4.79 Å². The molecule has 3 aromatic rings. The van der Waals surface area contributed by atoms with Crippen LogP contribution in [0.2, 0.25) is 0 Å². The third kappa shape index (κ3) is 4.21. The average molecular weight is 372 g/mol. The number of carbonyl (C=O) groups excluding carboxylic acids is 1. The molecule has 1 fully saturated rings. The normalized spacial score (nSPS) is 15.2. The lowest BCUT2D eigenvalue weighted by Gasteiger charge is -2.34. The molecule has 2 heterocycles. The number of amides is 1. The summed E-state index contributed by atoms with van der Waals surface area (Å²) >= 11 is 0. The summed E-state index contributed by atoms with van der Waals surface area (Å²) in [7, 11) is 0. The zero-order chi connectivity index (χ0) is 19.2. The van der Waals surface area contributed by atoms with Crippen molar-refractivity contribution in [1.82, 2.24) is 19.4 Å². The minimum absolute atomic E-state index is 0.0424. The Kier molecular flexibility index (Phi) is 5.64. The lowest BCUT2D eigenvalue weighted by molar-refractivity contribution is 0.0642. The Morgan fingerprint density at radius 3 is 2.32 bits per heavy atom. The van der Waals surface area contributed by atoms with Crippen LogP contribution < -0.4 is 0 Å². The smallest absolute Gasteiger partial charge is 0.272 e. The van der Waals surface area contributed by atoms with Crippen molar-refractivity contribution in [3.8, 4) is 5.69 Å². The number of benzene rings is 2. The van der Waals surface area contributed by atoms with Crippen LogP contribution in [0.15, 0.2) is 79.3 Å². The van der Waals surface area contributed by atoms with Crippen LogP contribution in [-0.2, 0) is 0 Å². The molecule has 28 heavy (non-hydrogen) atoms. The molecule has 1 aliphatic rings. The molecule has 1 saturated heterocycles. The summed E-state index contributed by atoms with van der Waals surface area (Å²) < 4.78 is 1.86. The zero-order valence-corrected chi connectivity index (χ0v) is 15.8. The Bertz CT molecular complexity index is 926. The van der Waals surface area contributed by atoms with E-state index >= 15 is 0 Å². The van der Waals surface area contributed by atoms with E-state index in [2.05, 4.69) is 34.2 Å². The Hall–Kier alpha value is -3.18. The van der Waals surface area contributed by atoms with E-state index in [0.29, 0.717) is 5.69 Å². The summed E-state index contributed by atoms with van der Waals surface area (Å²) in [6, 6.07) is 20.2. The van der Waals surface area contributed by atoms with E-state index in [0.717, 1.165) is 38.4 Å². The SMILES string of the molecule is O=C(c1cncn1-c1ccccc1)N1CCN(C/C=C/c2ccccc2)CC1. The lowest BCUT2D eigenvalue weighted by atomic mass is 10.2. The first-order valence-electron chi connectivity index (χ1n) is 9.62. The molecule has 2 aromatic carbocycles. The van der Waals surface area contributed by atoms with Gasteiger partial charge in [-0.1, -0.05) is 60.7 Å². The van der Waals surface area contributed by atoms with Crippen molar-refractivity contribution >= 4 is 12.0 Å². The molecular formula is C23H24N4O. The van der Waals surface area contributed by atoms with Crippen molar-refractivity contribution in [3.05, 3.63) is 90.5 Å². The van der Waals surface area contributed by atoms with Crippen molar-refractivity contribution in [2.75, 3.05) is 32.7 Å². The number of para-hydroxylation sites is 1. The van der Waals surface area contributed by atoms with Gasteiger partial charge in [0.15, 0.2) is 0 Å². The van der Waals surface area contributed by atoms with Gasteiger partial charge < -0.3 is 4.90 Å². The fourth-order valence-corrected chi connectivity index (χ4v) is 3.45. The molecule has 0 atom stereocenters. The molecule has 4 rings (SSSR count). The van der Waals surface area contributed by atoms with Gasteiger partial charge >= 0.3 is 0 Å². The van der Waals surface area contributed by atoms with Crippen molar-refractivity contribution in [3.63, 3.8) is 0 Å². The number of rotatable bonds is 5. The fraction of sp³-hybridized carbons (Fsp3) is 0.217. The highest BCUT2D eigenvalue weighted by molar-refractivity contribution is 5.93. The predicted octanol–water partition coefficient (Wildman–Crippen LogP) is 3.34. The zero-order valence-electron chi connectivity index (χ0n) is 15.8. The average Bonchev–Trinajstić information content (AvgIpc) is 3.25. The first-order chi connectivity index (χ1) is 13.8. The largest absolute Gasteiger partial charge is 0.335 e. The van der Waals surface area contributed by atoms with Gasteiger partial charge in [-0.2, -0.15) is 0 Å². The fourth-order valence-electron chi connectivity index (χ4n) is 3.45. The molecule has 1 aliphatic heterocycles. The highest BCUT2D eigenvalue weighted by Gasteiger charge is 2.24. The maximum atomic E-state index is 13.0. The number of hydrogen-bond donors (Lipinski definition) is 0. The van der Waals surface area contributed by atoms with Gasteiger partial charge in [0.1, 0.15) is 5.69 Å². The third-order valence-corrected chi connectivity index (χ3v) is 5.02. The molecule has 0 spiro atoms. The molecule has 5 heteroatoms.